The molecule has 0 spiro atoms. The molecule has 2 aliphatic rings. The molecular formula is C26H31NO6. The topological polar surface area (TPSA) is 85.3 Å². The molecule has 1 N–H and O–H groups in total. The predicted molar refractivity (Wildman–Crippen MR) is 123 cm³/mol. The van der Waals surface area contributed by atoms with Crippen molar-refractivity contribution in [2.45, 2.75) is 58.0 Å². The van der Waals surface area contributed by atoms with Gasteiger partial charge in [-0.25, -0.2) is 4.79 Å². The van der Waals surface area contributed by atoms with E-state index in [0.29, 0.717) is 17.9 Å². The molecule has 4 rings (SSSR count). The molecule has 2 aromatic carbocycles. The van der Waals surface area contributed by atoms with Crippen LogP contribution in [0.4, 0.5) is 0 Å². The lowest BCUT2D eigenvalue weighted by atomic mass is 9.75. The summed E-state index contributed by atoms with van der Waals surface area (Å²) in [5.41, 5.74) is 1.65. The highest BCUT2D eigenvalue weighted by molar-refractivity contribution is 5.97. The molecule has 7 nitrogen and oxygen atoms in total. The van der Waals surface area contributed by atoms with Crippen LogP contribution in [-0.2, 0) is 16.1 Å². The third-order valence-corrected chi connectivity index (χ3v) is 6.50. The van der Waals surface area contributed by atoms with E-state index in [0.717, 1.165) is 24.0 Å². The number of amides is 1. The Morgan fingerprint density at radius 1 is 1.18 bits per heavy atom. The van der Waals surface area contributed by atoms with Crippen molar-refractivity contribution in [2.75, 3.05) is 13.7 Å². The van der Waals surface area contributed by atoms with Gasteiger partial charge in [-0.1, -0.05) is 30.3 Å². The lowest BCUT2D eigenvalue weighted by Crippen LogP contribution is -2.48. The summed E-state index contributed by atoms with van der Waals surface area (Å²) in [5.74, 6) is -0.462. The molecule has 1 fully saturated rings. The van der Waals surface area contributed by atoms with Gasteiger partial charge >= 0.3 is 5.97 Å². The minimum absolute atomic E-state index is 0.107. The summed E-state index contributed by atoms with van der Waals surface area (Å²) in [6, 6.07) is 13.1. The van der Waals surface area contributed by atoms with Gasteiger partial charge in [-0.2, -0.15) is 0 Å². The molecule has 1 amide bonds. The summed E-state index contributed by atoms with van der Waals surface area (Å²) in [6.07, 6.45) is 1.82. The summed E-state index contributed by atoms with van der Waals surface area (Å²) in [5, 5.41) is 9.14. The van der Waals surface area contributed by atoms with Gasteiger partial charge in [0.2, 0.25) is 0 Å². The van der Waals surface area contributed by atoms with Crippen LogP contribution in [0.15, 0.2) is 42.5 Å². The zero-order valence-electron chi connectivity index (χ0n) is 19.5. The predicted octanol–water partition coefficient (Wildman–Crippen LogP) is 4.45. The Morgan fingerprint density at radius 2 is 1.91 bits per heavy atom. The lowest BCUT2D eigenvalue weighted by molar-refractivity contribution is -0.144. The Kier molecular flexibility index (Phi) is 6.34. The van der Waals surface area contributed by atoms with Crippen LogP contribution in [0.3, 0.4) is 0 Å². The minimum atomic E-state index is -1.12. The molecule has 2 aliphatic heterocycles. The zero-order chi connectivity index (χ0) is 23.8. The summed E-state index contributed by atoms with van der Waals surface area (Å²) in [4.78, 5) is 26.2. The Hall–Kier alpha value is -3.06. The van der Waals surface area contributed by atoms with Crippen LogP contribution in [0.25, 0.3) is 0 Å². The van der Waals surface area contributed by atoms with E-state index in [1.165, 1.54) is 0 Å². The number of ether oxygens (including phenoxy) is 3. The number of carbonyl (C=O) groups excluding carboxylic acids is 1. The zero-order valence-corrected chi connectivity index (χ0v) is 19.5. The molecule has 0 saturated carbocycles. The molecule has 0 bridgehead atoms. The molecule has 1 saturated heterocycles. The van der Waals surface area contributed by atoms with Gasteiger partial charge in [-0.3, -0.25) is 4.79 Å². The van der Waals surface area contributed by atoms with Gasteiger partial charge in [0.15, 0.2) is 6.61 Å². The molecule has 0 aliphatic carbocycles. The fourth-order valence-electron chi connectivity index (χ4n) is 4.79. The van der Waals surface area contributed by atoms with Crippen LogP contribution < -0.4 is 9.47 Å². The number of hydrogen-bond donors (Lipinski definition) is 1. The average molecular weight is 454 g/mol. The van der Waals surface area contributed by atoms with Crippen molar-refractivity contribution in [3.05, 3.63) is 59.2 Å². The SMILES string of the molecule is C[C@@H]1CC[C@@H]2[C@@H](O1)c1cc(C(=O)N(C)Cc3ccccc3)c(OCC(=O)O)cc1OC2(C)C. The minimum Gasteiger partial charge on any atom is -0.487 e. The number of carbonyl (C=O) groups is 2. The Labute approximate surface area is 194 Å². The lowest BCUT2D eigenvalue weighted by Gasteiger charge is -2.48. The van der Waals surface area contributed by atoms with Crippen molar-refractivity contribution in [3.63, 3.8) is 0 Å². The third kappa shape index (κ3) is 4.83. The van der Waals surface area contributed by atoms with Gasteiger partial charge in [0.05, 0.1) is 17.8 Å². The first-order valence-electron chi connectivity index (χ1n) is 11.3. The largest absolute Gasteiger partial charge is 0.487 e. The molecule has 7 heteroatoms. The molecule has 2 aromatic rings. The Balaban J connectivity index is 1.73. The Bertz CT molecular complexity index is 1030. The van der Waals surface area contributed by atoms with E-state index in [1.54, 1.807) is 24.1 Å². The second kappa shape index (κ2) is 9.06. The molecule has 176 valence electrons. The van der Waals surface area contributed by atoms with Gasteiger partial charge < -0.3 is 24.2 Å². The van der Waals surface area contributed by atoms with Gasteiger partial charge in [0.1, 0.15) is 17.1 Å². The third-order valence-electron chi connectivity index (χ3n) is 6.50. The van der Waals surface area contributed by atoms with Crippen LogP contribution in [0.2, 0.25) is 0 Å². The van der Waals surface area contributed by atoms with Crippen molar-refractivity contribution >= 4 is 11.9 Å². The van der Waals surface area contributed by atoms with E-state index in [9.17, 15) is 9.59 Å². The monoisotopic (exact) mass is 453 g/mol. The van der Waals surface area contributed by atoms with Gasteiger partial charge in [0, 0.05) is 31.1 Å². The van der Waals surface area contributed by atoms with Crippen LogP contribution in [-0.4, -0.2) is 47.2 Å². The molecule has 0 aromatic heterocycles. The molecule has 3 atom stereocenters. The van der Waals surface area contributed by atoms with Crippen molar-refractivity contribution in [1.29, 1.82) is 0 Å². The van der Waals surface area contributed by atoms with Crippen LogP contribution in [0, 0.1) is 5.92 Å². The molecule has 33 heavy (non-hydrogen) atoms. The number of nitrogens with zero attached hydrogens (tertiary/aromatic N) is 1. The highest BCUT2D eigenvalue weighted by Gasteiger charge is 2.47. The van der Waals surface area contributed by atoms with Gasteiger partial charge in [-0.15, -0.1) is 0 Å². The summed E-state index contributed by atoms with van der Waals surface area (Å²) in [6.45, 7) is 6.00. The highest BCUT2D eigenvalue weighted by atomic mass is 16.5. The average Bonchev–Trinajstić information content (AvgIpc) is 2.77. The van der Waals surface area contributed by atoms with E-state index in [4.69, 9.17) is 19.3 Å². The summed E-state index contributed by atoms with van der Waals surface area (Å²) >= 11 is 0. The molecule has 0 radical (unpaired) electrons. The standard InChI is InChI=1S/C26H31NO6/c1-16-10-11-20-24(32-16)18-12-19(25(30)27(4)14-17-8-6-5-7-9-17)21(31-15-23(28)29)13-22(18)33-26(20,2)3/h5-9,12-13,16,20,24H,10-11,14-15H2,1-4H3,(H,28,29)/t16-,20-,24+/m1/s1. The quantitative estimate of drug-likeness (QED) is 0.696. The number of carboxylic acids is 1. The molecule has 2 heterocycles. The van der Waals surface area contributed by atoms with Crippen molar-refractivity contribution < 1.29 is 28.9 Å². The van der Waals surface area contributed by atoms with E-state index in [1.807, 2.05) is 44.2 Å². The first kappa shape index (κ1) is 23.1. The summed E-state index contributed by atoms with van der Waals surface area (Å²) < 4.78 is 18.2. The normalized spacial score (nSPS) is 23.0. The smallest absolute Gasteiger partial charge is 0.341 e. The van der Waals surface area contributed by atoms with Crippen molar-refractivity contribution in [2.24, 2.45) is 5.92 Å². The van der Waals surface area contributed by atoms with Crippen LogP contribution >= 0.6 is 0 Å². The van der Waals surface area contributed by atoms with E-state index in [-0.39, 0.29) is 29.8 Å². The van der Waals surface area contributed by atoms with E-state index >= 15 is 0 Å². The van der Waals surface area contributed by atoms with Crippen LogP contribution in [0.5, 0.6) is 11.5 Å². The van der Waals surface area contributed by atoms with E-state index in [2.05, 4.69) is 6.92 Å². The number of fused-ring (bicyclic) bond motifs is 3. The van der Waals surface area contributed by atoms with Crippen LogP contribution in [0.1, 0.15) is 61.2 Å². The first-order valence-corrected chi connectivity index (χ1v) is 11.3. The number of hydrogen-bond acceptors (Lipinski definition) is 5. The maximum Gasteiger partial charge on any atom is 0.341 e. The van der Waals surface area contributed by atoms with Gasteiger partial charge in [-0.05, 0) is 45.2 Å². The number of aliphatic carboxylic acids is 1. The fraction of sp³-hybridized carbons (Fsp3) is 0.462. The van der Waals surface area contributed by atoms with Crippen molar-refractivity contribution in [1.82, 2.24) is 4.90 Å². The maximum atomic E-state index is 13.5. The summed E-state index contributed by atoms with van der Waals surface area (Å²) in [7, 11) is 1.72. The maximum absolute atomic E-state index is 13.5. The number of carboxylic acid groups (broad SMARTS) is 1. The second-order valence-electron chi connectivity index (χ2n) is 9.47. The van der Waals surface area contributed by atoms with E-state index < -0.39 is 18.2 Å². The fourth-order valence-corrected chi connectivity index (χ4v) is 4.79. The van der Waals surface area contributed by atoms with Crippen molar-refractivity contribution in [3.8, 4) is 11.5 Å². The first-order chi connectivity index (χ1) is 15.7. The highest BCUT2D eigenvalue weighted by Crippen LogP contribution is 2.52. The number of rotatable bonds is 6. The molecular weight excluding hydrogens is 422 g/mol. The Morgan fingerprint density at radius 3 is 2.61 bits per heavy atom. The van der Waals surface area contributed by atoms with Gasteiger partial charge in [0.25, 0.3) is 5.91 Å². The molecule has 0 unspecified atom stereocenters. The number of benzene rings is 2. The second-order valence-corrected chi connectivity index (χ2v) is 9.47.